The van der Waals surface area contributed by atoms with Crippen LogP contribution in [0.4, 0.5) is 0 Å². The van der Waals surface area contributed by atoms with Gasteiger partial charge in [-0.25, -0.2) is 0 Å². The van der Waals surface area contributed by atoms with Crippen molar-refractivity contribution in [2.75, 3.05) is 33.4 Å². The smallest absolute Gasteiger partial charge is 0.0480 e. The molecule has 0 atom stereocenters. The van der Waals surface area contributed by atoms with Crippen molar-refractivity contribution < 1.29 is 4.74 Å². The van der Waals surface area contributed by atoms with Crippen molar-refractivity contribution in [2.45, 2.75) is 18.9 Å². The van der Waals surface area contributed by atoms with E-state index in [-0.39, 0.29) is 0 Å². The first-order valence-corrected chi connectivity index (χ1v) is 4.88. The summed E-state index contributed by atoms with van der Waals surface area (Å²) in [6.07, 6.45) is 2.27. The van der Waals surface area contributed by atoms with Gasteiger partial charge in [-0.1, -0.05) is 6.58 Å². The Kier molecular flexibility index (Phi) is 4.42. The van der Waals surface area contributed by atoms with Crippen molar-refractivity contribution in [3.8, 4) is 0 Å². The molecule has 1 aliphatic rings. The third-order valence-electron chi connectivity index (χ3n) is 2.58. The van der Waals surface area contributed by atoms with Gasteiger partial charge in [0.25, 0.3) is 0 Å². The maximum Gasteiger partial charge on any atom is 0.0480 e. The average Bonchev–Trinajstić information content (AvgIpc) is 2.19. The van der Waals surface area contributed by atoms with Crippen LogP contribution < -0.4 is 5.73 Å². The first kappa shape index (κ1) is 10.7. The van der Waals surface area contributed by atoms with E-state index in [9.17, 15) is 0 Å². The Bertz CT molecular complexity index is 164. The second-order valence-corrected chi connectivity index (χ2v) is 3.71. The van der Waals surface area contributed by atoms with Gasteiger partial charge >= 0.3 is 0 Å². The highest BCUT2D eigenvalue weighted by atomic mass is 16.5. The van der Waals surface area contributed by atoms with Crippen molar-refractivity contribution in [2.24, 2.45) is 5.73 Å². The fraction of sp³-hybridized carbons (Fsp3) is 0.800. The van der Waals surface area contributed by atoms with Crippen molar-refractivity contribution in [1.82, 2.24) is 4.90 Å². The molecule has 1 rings (SSSR count). The number of nitrogens with zero attached hydrogens (tertiary/aromatic N) is 1. The molecular formula is C10H20N2O. The molecule has 0 spiro atoms. The van der Waals surface area contributed by atoms with Gasteiger partial charge < -0.3 is 10.5 Å². The third-order valence-corrected chi connectivity index (χ3v) is 2.58. The van der Waals surface area contributed by atoms with E-state index in [0.29, 0.717) is 12.6 Å². The molecule has 0 aliphatic carbocycles. The van der Waals surface area contributed by atoms with Crippen LogP contribution in [0.2, 0.25) is 0 Å². The number of ether oxygens (including phenoxy) is 1. The van der Waals surface area contributed by atoms with Crippen molar-refractivity contribution in [3.63, 3.8) is 0 Å². The van der Waals surface area contributed by atoms with Gasteiger partial charge in [0.15, 0.2) is 0 Å². The van der Waals surface area contributed by atoms with Gasteiger partial charge in [0.2, 0.25) is 0 Å². The summed E-state index contributed by atoms with van der Waals surface area (Å²) in [6, 6.07) is 0.650. The Morgan fingerprint density at radius 1 is 1.54 bits per heavy atom. The zero-order chi connectivity index (χ0) is 9.68. The van der Waals surface area contributed by atoms with Gasteiger partial charge in [0, 0.05) is 32.3 Å². The van der Waals surface area contributed by atoms with Gasteiger partial charge in [-0.05, 0) is 25.5 Å². The second kappa shape index (κ2) is 5.37. The van der Waals surface area contributed by atoms with E-state index in [2.05, 4.69) is 18.5 Å². The Morgan fingerprint density at radius 2 is 2.15 bits per heavy atom. The van der Waals surface area contributed by atoms with Crippen LogP contribution >= 0.6 is 0 Å². The van der Waals surface area contributed by atoms with Crippen LogP contribution in [0.3, 0.4) is 0 Å². The summed E-state index contributed by atoms with van der Waals surface area (Å²) < 4.78 is 5.31. The molecule has 1 heterocycles. The molecule has 1 saturated heterocycles. The minimum absolute atomic E-state index is 0.591. The highest BCUT2D eigenvalue weighted by molar-refractivity contribution is 4.99. The Labute approximate surface area is 80.5 Å². The number of hydrogen-bond donors (Lipinski definition) is 1. The molecule has 0 aromatic carbocycles. The average molecular weight is 184 g/mol. The molecule has 0 unspecified atom stereocenters. The predicted octanol–water partition coefficient (Wildman–Crippen LogP) is 0.612. The number of likely N-dealkylation sites (N-methyl/N-ethyl adjacent to an activating group) is 1. The van der Waals surface area contributed by atoms with Gasteiger partial charge in [0.05, 0.1) is 0 Å². The summed E-state index contributed by atoms with van der Waals surface area (Å²) in [6.45, 7) is 7.20. The predicted molar refractivity (Wildman–Crippen MR) is 54.7 cm³/mol. The van der Waals surface area contributed by atoms with Gasteiger partial charge in [0.1, 0.15) is 0 Å². The lowest BCUT2D eigenvalue weighted by Crippen LogP contribution is -2.38. The zero-order valence-corrected chi connectivity index (χ0v) is 8.46. The molecule has 13 heavy (non-hydrogen) atoms. The van der Waals surface area contributed by atoms with Crippen LogP contribution in [0.15, 0.2) is 12.2 Å². The molecule has 1 fully saturated rings. The first-order valence-electron chi connectivity index (χ1n) is 4.88. The molecular weight excluding hydrogens is 164 g/mol. The molecule has 76 valence electrons. The minimum Gasteiger partial charge on any atom is -0.381 e. The molecule has 0 radical (unpaired) electrons. The molecule has 2 N–H and O–H groups in total. The molecule has 3 heteroatoms. The van der Waals surface area contributed by atoms with Crippen molar-refractivity contribution in [1.29, 1.82) is 0 Å². The molecule has 0 amide bonds. The summed E-state index contributed by atoms with van der Waals surface area (Å²) >= 11 is 0. The van der Waals surface area contributed by atoms with Crippen LogP contribution in [0.5, 0.6) is 0 Å². The lowest BCUT2D eigenvalue weighted by molar-refractivity contribution is 0.0458. The monoisotopic (exact) mass is 184 g/mol. The van der Waals surface area contributed by atoms with E-state index < -0.39 is 0 Å². The summed E-state index contributed by atoms with van der Waals surface area (Å²) in [5, 5.41) is 0. The number of rotatable bonds is 4. The van der Waals surface area contributed by atoms with E-state index >= 15 is 0 Å². The molecule has 1 aliphatic heterocycles. The normalized spacial score (nSPS) is 19.3. The SMILES string of the molecule is C=C(CN)CN(C)C1CCOCC1. The van der Waals surface area contributed by atoms with Gasteiger partial charge in [-0.3, -0.25) is 4.90 Å². The standard InChI is InChI=1S/C10H20N2O/c1-9(7-11)8-12(2)10-3-5-13-6-4-10/h10H,1,3-8,11H2,2H3. The van der Waals surface area contributed by atoms with Crippen molar-refractivity contribution in [3.05, 3.63) is 12.2 Å². The fourth-order valence-electron chi connectivity index (χ4n) is 1.67. The van der Waals surface area contributed by atoms with E-state index in [1.807, 2.05) is 0 Å². The lowest BCUT2D eigenvalue weighted by atomic mass is 10.1. The molecule has 3 nitrogen and oxygen atoms in total. The summed E-state index contributed by atoms with van der Waals surface area (Å²) in [5.74, 6) is 0. The molecule has 0 saturated carbocycles. The van der Waals surface area contributed by atoms with E-state index in [1.165, 1.54) is 0 Å². The second-order valence-electron chi connectivity index (χ2n) is 3.71. The molecule has 0 aromatic heterocycles. The largest absolute Gasteiger partial charge is 0.381 e. The van der Waals surface area contributed by atoms with E-state index in [4.69, 9.17) is 10.5 Å². The lowest BCUT2D eigenvalue weighted by Gasteiger charge is -2.31. The summed E-state index contributed by atoms with van der Waals surface area (Å²) in [7, 11) is 2.14. The minimum atomic E-state index is 0.591. The topological polar surface area (TPSA) is 38.5 Å². The number of nitrogens with two attached hydrogens (primary N) is 1. The third kappa shape index (κ3) is 3.46. The van der Waals surface area contributed by atoms with Crippen LogP contribution in [0.25, 0.3) is 0 Å². The summed E-state index contributed by atoms with van der Waals surface area (Å²) in [4.78, 5) is 2.33. The van der Waals surface area contributed by atoms with E-state index in [1.54, 1.807) is 0 Å². The van der Waals surface area contributed by atoms with Crippen LogP contribution in [-0.4, -0.2) is 44.3 Å². The zero-order valence-electron chi connectivity index (χ0n) is 8.46. The first-order chi connectivity index (χ1) is 6.24. The number of hydrogen-bond acceptors (Lipinski definition) is 3. The van der Waals surface area contributed by atoms with Crippen LogP contribution in [0, 0.1) is 0 Å². The van der Waals surface area contributed by atoms with Crippen LogP contribution in [0.1, 0.15) is 12.8 Å². The maximum atomic E-state index is 5.50. The molecule has 0 bridgehead atoms. The highest BCUT2D eigenvalue weighted by Crippen LogP contribution is 2.13. The Hall–Kier alpha value is -0.380. The van der Waals surface area contributed by atoms with Crippen LogP contribution in [-0.2, 0) is 4.74 Å². The van der Waals surface area contributed by atoms with Gasteiger partial charge in [-0.2, -0.15) is 0 Å². The maximum absolute atomic E-state index is 5.50. The highest BCUT2D eigenvalue weighted by Gasteiger charge is 2.18. The Balaban J connectivity index is 2.28. The molecule has 0 aromatic rings. The fourth-order valence-corrected chi connectivity index (χ4v) is 1.67. The van der Waals surface area contributed by atoms with E-state index in [0.717, 1.165) is 38.2 Å². The quantitative estimate of drug-likeness (QED) is 0.651. The van der Waals surface area contributed by atoms with Gasteiger partial charge in [-0.15, -0.1) is 0 Å². The Morgan fingerprint density at radius 3 is 2.69 bits per heavy atom. The van der Waals surface area contributed by atoms with Crippen molar-refractivity contribution >= 4 is 0 Å². The summed E-state index contributed by atoms with van der Waals surface area (Å²) in [5.41, 5.74) is 6.60.